The molecule has 1 aromatic heterocycles. The highest BCUT2D eigenvalue weighted by molar-refractivity contribution is 5.36. The molecule has 1 rings (SSSR count). The highest BCUT2D eigenvalue weighted by Gasteiger charge is 1.96. The van der Waals surface area contributed by atoms with Crippen LogP contribution in [0.5, 0.6) is 5.75 Å². The van der Waals surface area contributed by atoms with E-state index in [0.717, 1.165) is 18.6 Å². The van der Waals surface area contributed by atoms with Gasteiger partial charge in [-0.25, -0.2) is 0 Å². The fourth-order valence-corrected chi connectivity index (χ4v) is 1.28. The molecule has 0 atom stereocenters. The van der Waals surface area contributed by atoms with Crippen LogP contribution in [0, 0.1) is 11.8 Å². The van der Waals surface area contributed by atoms with E-state index in [2.05, 4.69) is 16.8 Å². The molecule has 18 heavy (non-hydrogen) atoms. The number of aromatic nitrogens is 1. The van der Waals surface area contributed by atoms with E-state index in [4.69, 9.17) is 14.6 Å². The molecule has 0 saturated heterocycles. The molecule has 0 aliphatic heterocycles. The summed E-state index contributed by atoms with van der Waals surface area (Å²) in [5.41, 5.74) is 0.797. The van der Waals surface area contributed by atoms with Crippen molar-refractivity contribution < 1.29 is 14.6 Å². The van der Waals surface area contributed by atoms with E-state index < -0.39 is 0 Å². The van der Waals surface area contributed by atoms with Crippen LogP contribution in [0.2, 0.25) is 0 Å². The number of pyridine rings is 1. The van der Waals surface area contributed by atoms with E-state index in [0.29, 0.717) is 25.4 Å². The van der Waals surface area contributed by atoms with Crippen molar-refractivity contribution in [1.29, 1.82) is 0 Å². The van der Waals surface area contributed by atoms with Crippen molar-refractivity contribution in [3.05, 3.63) is 24.0 Å². The fourth-order valence-electron chi connectivity index (χ4n) is 1.28. The summed E-state index contributed by atoms with van der Waals surface area (Å²) in [7, 11) is 0. The molecule has 0 fully saturated rings. The number of nitrogens with zero attached hydrogens (tertiary/aromatic N) is 1. The molecule has 0 aliphatic carbocycles. The number of rotatable bonds is 7. The maximum Gasteiger partial charge on any atom is 0.138 e. The zero-order valence-corrected chi connectivity index (χ0v) is 10.7. The van der Waals surface area contributed by atoms with Gasteiger partial charge in [-0.15, -0.1) is 0 Å². The largest absolute Gasteiger partial charge is 0.492 e. The van der Waals surface area contributed by atoms with Gasteiger partial charge in [-0.3, -0.25) is 4.98 Å². The molecule has 4 nitrogen and oxygen atoms in total. The number of aliphatic hydroxyl groups excluding tert-OH is 1. The predicted octanol–water partition coefficient (Wildman–Crippen LogP) is 1.62. The third kappa shape index (κ3) is 6.24. The van der Waals surface area contributed by atoms with Gasteiger partial charge in [0.15, 0.2) is 0 Å². The van der Waals surface area contributed by atoms with Gasteiger partial charge >= 0.3 is 0 Å². The van der Waals surface area contributed by atoms with Gasteiger partial charge in [0.05, 0.1) is 19.4 Å². The van der Waals surface area contributed by atoms with Crippen LogP contribution in [0.15, 0.2) is 18.5 Å². The van der Waals surface area contributed by atoms with Crippen LogP contribution in [0.25, 0.3) is 0 Å². The quantitative estimate of drug-likeness (QED) is 0.589. The van der Waals surface area contributed by atoms with Crippen molar-refractivity contribution in [2.24, 2.45) is 0 Å². The average molecular weight is 249 g/mol. The number of hydrogen-bond acceptors (Lipinski definition) is 4. The Morgan fingerprint density at radius 2 is 2.22 bits per heavy atom. The van der Waals surface area contributed by atoms with E-state index in [9.17, 15) is 0 Å². The van der Waals surface area contributed by atoms with E-state index in [-0.39, 0.29) is 6.61 Å². The molecule has 4 heteroatoms. The summed E-state index contributed by atoms with van der Waals surface area (Å²) in [6, 6.07) is 1.85. The van der Waals surface area contributed by atoms with Crippen molar-refractivity contribution in [2.75, 3.05) is 26.4 Å². The Labute approximate surface area is 108 Å². The summed E-state index contributed by atoms with van der Waals surface area (Å²) in [5, 5.41) is 8.63. The second kappa shape index (κ2) is 9.46. The van der Waals surface area contributed by atoms with Crippen molar-refractivity contribution in [2.45, 2.75) is 19.8 Å². The van der Waals surface area contributed by atoms with Gasteiger partial charge in [-0.1, -0.05) is 11.8 Å². The van der Waals surface area contributed by atoms with Crippen LogP contribution in [-0.4, -0.2) is 36.5 Å². The number of hydrogen-bond donors (Lipinski definition) is 1. The van der Waals surface area contributed by atoms with E-state index >= 15 is 0 Å². The third-order valence-electron chi connectivity index (χ3n) is 2.09. The maximum absolute atomic E-state index is 8.63. The Bertz CT molecular complexity index is 396. The summed E-state index contributed by atoms with van der Waals surface area (Å²) in [6.07, 6.45) is 4.67. The molecule has 0 aromatic carbocycles. The lowest BCUT2D eigenvalue weighted by atomic mass is 10.2. The zero-order chi connectivity index (χ0) is 13.1. The van der Waals surface area contributed by atoms with Crippen LogP contribution in [-0.2, 0) is 4.74 Å². The molecule has 0 saturated carbocycles. The standard InChI is InChI=1S/C14H19NO3/c1-2-17-8-5-9-18-14-10-13(11-15-12-14)6-3-4-7-16/h10-12,16H,2,4-5,7-9H2,1H3. The average Bonchev–Trinajstić information content (AvgIpc) is 2.39. The lowest BCUT2D eigenvalue weighted by Crippen LogP contribution is -2.03. The first kappa shape index (κ1) is 14.5. The SMILES string of the molecule is CCOCCCOc1cncc(C#CCCO)c1. The maximum atomic E-state index is 8.63. The van der Waals surface area contributed by atoms with Gasteiger partial charge < -0.3 is 14.6 Å². The number of aliphatic hydroxyl groups is 1. The van der Waals surface area contributed by atoms with Gasteiger partial charge in [0.1, 0.15) is 5.75 Å². The first-order valence-corrected chi connectivity index (χ1v) is 6.12. The molecule has 0 amide bonds. The predicted molar refractivity (Wildman–Crippen MR) is 69.4 cm³/mol. The molecule has 1 aromatic rings. The van der Waals surface area contributed by atoms with Crippen molar-refractivity contribution in [1.82, 2.24) is 4.98 Å². The first-order valence-electron chi connectivity index (χ1n) is 6.12. The Balaban J connectivity index is 2.38. The summed E-state index contributed by atoms with van der Waals surface area (Å²) in [4.78, 5) is 4.06. The van der Waals surface area contributed by atoms with Gasteiger partial charge in [0, 0.05) is 37.8 Å². The molecule has 1 N–H and O–H groups in total. The van der Waals surface area contributed by atoms with Gasteiger partial charge in [-0.05, 0) is 13.0 Å². The Kier molecular flexibility index (Phi) is 7.61. The topological polar surface area (TPSA) is 51.6 Å². The van der Waals surface area contributed by atoms with E-state index in [1.807, 2.05) is 13.0 Å². The molecular weight excluding hydrogens is 230 g/mol. The lowest BCUT2D eigenvalue weighted by Gasteiger charge is -2.05. The second-order valence-electron chi connectivity index (χ2n) is 3.58. The summed E-state index contributed by atoms with van der Waals surface area (Å²) in [5.74, 6) is 6.48. The van der Waals surface area contributed by atoms with Crippen LogP contribution < -0.4 is 4.74 Å². The smallest absolute Gasteiger partial charge is 0.138 e. The summed E-state index contributed by atoms with van der Waals surface area (Å²) < 4.78 is 10.8. The molecule has 98 valence electrons. The van der Waals surface area contributed by atoms with Gasteiger partial charge in [0.2, 0.25) is 0 Å². The molecule has 0 spiro atoms. The van der Waals surface area contributed by atoms with Crippen molar-refractivity contribution >= 4 is 0 Å². The minimum atomic E-state index is 0.0774. The van der Waals surface area contributed by atoms with Gasteiger partial charge in [0.25, 0.3) is 0 Å². The minimum Gasteiger partial charge on any atom is -0.492 e. The zero-order valence-electron chi connectivity index (χ0n) is 10.7. The summed E-state index contributed by atoms with van der Waals surface area (Å²) >= 11 is 0. The Hall–Kier alpha value is -1.57. The molecular formula is C14H19NO3. The van der Waals surface area contributed by atoms with Crippen LogP contribution in [0.1, 0.15) is 25.3 Å². The molecule has 0 bridgehead atoms. The molecule has 0 aliphatic rings. The molecule has 0 radical (unpaired) electrons. The van der Waals surface area contributed by atoms with E-state index in [1.165, 1.54) is 0 Å². The Morgan fingerprint density at radius 1 is 1.33 bits per heavy atom. The lowest BCUT2D eigenvalue weighted by molar-refractivity contribution is 0.131. The third-order valence-corrected chi connectivity index (χ3v) is 2.09. The van der Waals surface area contributed by atoms with Crippen molar-refractivity contribution in [3.8, 4) is 17.6 Å². The first-order chi connectivity index (χ1) is 8.86. The normalized spacial score (nSPS) is 9.67. The molecule has 0 unspecified atom stereocenters. The molecule has 1 heterocycles. The highest BCUT2D eigenvalue weighted by Crippen LogP contribution is 2.10. The summed E-state index contributed by atoms with van der Waals surface area (Å²) in [6.45, 7) is 4.10. The number of ether oxygens (including phenoxy) is 2. The second-order valence-corrected chi connectivity index (χ2v) is 3.58. The highest BCUT2D eigenvalue weighted by atomic mass is 16.5. The van der Waals surface area contributed by atoms with Crippen LogP contribution in [0.3, 0.4) is 0 Å². The van der Waals surface area contributed by atoms with Crippen molar-refractivity contribution in [3.63, 3.8) is 0 Å². The monoisotopic (exact) mass is 249 g/mol. The Morgan fingerprint density at radius 3 is 3.00 bits per heavy atom. The van der Waals surface area contributed by atoms with Gasteiger partial charge in [-0.2, -0.15) is 0 Å². The minimum absolute atomic E-state index is 0.0774. The van der Waals surface area contributed by atoms with Crippen LogP contribution in [0.4, 0.5) is 0 Å². The van der Waals surface area contributed by atoms with E-state index in [1.54, 1.807) is 12.4 Å². The van der Waals surface area contributed by atoms with Crippen LogP contribution >= 0.6 is 0 Å². The fraction of sp³-hybridized carbons (Fsp3) is 0.500.